The van der Waals surface area contributed by atoms with Crippen LogP contribution in [0.4, 0.5) is 0 Å². The average molecular weight is 312 g/mol. The molecule has 0 unspecified atom stereocenters. The van der Waals surface area contributed by atoms with Gasteiger partial charge in [-0.25, -0.2) is 0 Å². The van der Waals surface area contributed by atoms with Crippen molar-refractivity contribution in [3.63, 3.8) is 0 Å². The summed E-state index contributed by atoms with van der Waals surface area (Å²) in [6, 6.07) is 8.98. The van der Waals surface area contributed by atoms with Gasteiger partial charge in [-0.2, -0.15) is 0 Å². The number of allylic oxidation sites excluding steroid dienone is 2. The van der Waals surface area contributed by atoms with Crippen LogP contribution in [-0.4, -0.2) is 6.61 Å². The molecule has 126 valence electrons. The topological polar surface area (TPSA) is 9.23 Å². The largest absolute Gasteiger partial charge is 0.376 e. The Kier molecular flexibility index (Phi) is 8.17. The summed E-state index contributed by atoms with van der Waals surface area (Å²) < 4.78 is 5.61. The van der Waals surface area contributed by atoms with E-state index >= 15 is 0 Å². The number of rotatable bonds is 9. The van der Waals surface area contributed by atoms with Crippen LogP contribution in [0.3, 0.4) is 0 Å². The van der Waals surface area contributed by atoms with Crippen molar-refractivity contribution in [3.05, 3.63) is 60.2 Å². The highest BCUT2D eigenvalue weighted by atomic mass is 16.5. The molecule has 1 aliphatic rings. The van der Waals surface area contributed by atoms with E-state index in [-0.39, 0.29) is 0 Å². The first kappa shape index (κ1) is 18.0. The Morgan fingerprint density at radius 1 is 1.09 bits per heavy atom. The third kappa shape index (κ3) is 6.74. The molecule has 0 aromatic heterocycles. The highest BCUT2D eigenvalue weighted by Crippen LogP contribution is 2.32. The molecule has 1 fully saturated rings. The van der Waals surface area contributed by atoms with Gasteiger partial charge >= 0.3 is 0 Å². The van der Waals surface area contributed by atoms with Crippen molar-refractivity contribution in [2.45, 2.75) is 58.5 Å². The first-order chi connectivity index (χ1) is 11.3. The first-order valence-corrected chi connectivity index (χ1v) is 9.21. The summed E-state index contributed by atoms with van der Waals surface area (Å²) in [5, 5.41) is 0. The molecule has 0 N–H and O–H groups in total. The maximum absolute atomic E-state index is 5.61. The Morgan fingerprint density at radius 3 is 2.43 bits per heavy atom. The lowest BCUT2D eigenvalue weighted by Crippen LogP contribution is -2.13. The highest BCUT2D eigenvalue weighted by Gasteiger charge is 2.18. The van der Waals surface area contributed by atoms with Gasteiger partial charge in [-0.3, -0.25) is 0 Å². The molecule has 1 nitrogen and oxygen atoms in total. The van der Waals surface area contributed by atoms with Crippen LogP contribution >= 0.6 is 0 Å². The molecule has 2 rings (SSSR count). The maximum atomic E-state index is 5.61. The van der Waals surface area contributed by atoms with E-state index in [1.807, 2.05) is 6.08 Å². The van der Waals surface area contributed by atoms with Gasteiger partial charge in [0.2, 0.25) is 0 Å². The van der Waals surface area contributed by atoms with Crippen LogP contribution in [0, 0.1) is 11.8 Å². The van der Waals surface area contributed by atoms with Crippen LogP contribution in [-0.2, 0) is 17.8 Å². The maximum Gasteiger partial charge on any atom is 0.0717 e. The van der Waals surface area contributed by atoms with Crippen LogP contribution in [0.15, 0.2) is 49.1 Å². The molecule has 1 aromatic rings. The normalized spacial score (nSPS) is 21.6. The summed E-state index contributed by atoms with van der Waals surface area (Å²) >= 11 is 0. The Balaban J connectivity index is 1.67. The lowest BCUT2D eigenvalue weighted by molar-refractivity contribution is 0.125. The zero-order valence-electron chi connectivity index (χ0n) is 14.7. The monoisotopic (exact) mass is 312 g/mol. The smallest absolute Gasteiger partial charge is 0.0717 e. The lowest BCUT2D eigenvalue weighted by atomic mass is 9.79. The van der Waals surface area contributed by atoms with Crippen LogP contribution in [0.5, 0.6) is 0 Å². The van der Waals surface area contributed by atoms with Crippen molar-refractivity contribution in [2.75, 3.05) is 6.61 Å². The zero-order chi connectivity index (χ0) is 16.3. The van der Waals surface area contributed by atoms with Gasteiger partial charge in [0.15, 0.2) is 0 Å². The second-order valence-electron chi connectivity index (χ2n) is 6.79. The Bertz CT molecular complexity index is 463. The minimum Gasteiger partial charge on any atom is -0.376 e. The second-order valence-corrected chi connectivity index (χ2v) is 6.79. The quantitative estimate of drug-likeness (QED) is 0.396. The molecular formula is C22H32O. The summed E-state index contributed by atoms with van der Waals surface area (Å²) in [6.07, 6.45) is 15.6. The number of benzene rings is 1. The van der Waals surface area contributed by atoms with E-state index in [0.717, 1.165) is 24.9 Å². The number of aryl methyl sites for hydroxylation is 1. The van der Waals surface area contributed by atoms with E-state index in [1.165, 1.54) is 49.7 Å². The number of ether oxygens (including phenoxy) is 1. The van der Waals surface area contributed by atoms with Crippen LogP contribution in [0.2, 0.25) is 0 Å². The fourth-order valence-electron chi connectivity index (χ4n) is 3.47. The molecule has 23 heavy (non-hydrogen) atoms. The van der Waals surface area contributed by atoms with Crippen molar-refractivity contribution in [2.24, 2.45) is 11.8 Å². The third-order valence-electron chi connectivity index (χ3n) is 4.96. The molecule has 0 aliphatic heterocycles. The standard InChI is InChI=1S/C22H32O/c1-3-5-17-23-18-22-15-13-21(14-16-22)12-11-20-9-7-19(6-4-2)8-10-20/h3-4,6,13-16,19-20H,1,5,7-12,17-18H2,2H3. The van der Waals surface area contributed by atoms with Crippen molar-refractivity contribution in [1.29, 1.82) is 0 Å². The molecule has 0 bridgehead atoms. The first-order valence-electron chi connectivity index (χ1n) is 9.21. The van der Waals surface area contributed by atoms with Crippen molar-refractivity contribution in [3.8, 4) is 0 Å². The van der Waals surface area contributed by atoms with Crippen molar-refractivity contribution in [1.82, 2.24) is 0 Å². The summed E-state index contributed by atoms with van der Waals surface area (Å²) in [4.78, 5) is 0. The van der Waals surface area contributed by atoms with E-state index < -0.39 is 0 Å². The van der Waals surface area contributed by atoms with Crippen LogP contribution < -0.4 is 0 Å². The fourth-order valence-corrected chi connectivity index (χ4v) is 3.47. The summed E-state index contributed by atoms with van der Waals surface area (Å²) in [7, 11) is 0. The number of hydrogen-bond donors (Lipinski definition) is 0. The van der Waals surface area contributed by atoms with Crippen LogP contribution in [0.25, 0.3) is 0 Å². The third-order valence-corrected chi connectivity index (χ3v) is 4.96. The Labute approximate surface area is 142 Å². The minimum atomic E-state index is 0.711. The summed E-state index contributed by atoms with van der Waals surface area (Å²) in [5.41, 5.74) is 2.74. The molecule has 1 aliphatic carbocycles. The van der Waals surface area contributed by atoms with Gasteiger partial charge in [-0.15, -0.1) is 6.58 Å². The molecule has 1 heteroatoms. The molecule has 0 radical (unpaired) electrons. The van der Waals surface area contributed by atoms with Gasteiger partial charge in [0, 0.05) is 0 Å². The van der Waals surface area contributed by atoms with Gasteiger partial charge in [-0.05, 0) is 74.8 Å². The molecular weight excluding hydrogens is 280 g/mol. The van der Waals surface area contributed by atoms with E-state index in [0.29, 0.717) is 6.61 Å². The van der Waals surface area contributed by atoms with Gasteiger partial charge in [-0.1, -0.05) is 42.5 Å². The highest BCUT2D eigenvalue weighted by molar-refractivity contribution is 5.22. The molecule has 0 atom stereocenters. The predicted molar refractivity (Wildman–Crippen MR) is 99.5 cm³/mol. The molecule has 0 saturated heterocycles. The van der Waals surface area contributed by atoms with Crippen LogP contribution in [0.1, 0.15) is 56.6 Å². The van der Waals surface area contributed by atoms with E-state index in [9.17, 15) is 0 Å². The van der Waals surface area contributed by atoms with E-state index in [2.05, 4.69) is 49.9 Å². The fraction of sp³-hybridized carbons (Fsp3) is 0.545. The second kappa shape index (κ2) is 10.4. The van der Waals surface area contributed by atoms with E-state index in [4.69, 9.17) is 4.74 Å². The van der Waals surface area contributed by atoms with Gasteiger partial charge in [0.25, 0.3) is 0 Å². The van der Waals surface area contributed by atoms with Gasteiger partial charge < -0.3 is 4.74 Å². The molecule has 0 heterocycles. The number of hydrogen-bond acceptors (Lipinski definition) is 1. The molecule has 1 aromatic carbocycles. The Morgan fingerprint density at radius 2 is 1.78 bits per heavy atom. The Hall–Kier alpha value is -1.34. The minimum absolute atomic E-state index is 0.711. The van der Waals surface area contributed by atoms with E-state index in [1.54, 1.807) is 0 Å². The lowest BCUT2D eigenvalue weighted by Gasteiger charge is -2.26. The van der Waals surface area contributed by atoms with Gasteiger partial charge in [0.1, 0.15) is 0 Å². The molecule has 0 spiro atoms. The SMILES string of the molecule is C=CCCOCc1ccc(CCC2CCC(C=CC)CC2)cc1. The molecule has 0 amide bonds. The predicted octanol–water partition coefficient (Wildman–Crippen LogP) is 6.09. The summed E-state index contributed by atoms with van der Waals surface area (Å²) in [6.45, 7) is 7.32. The summed E-state index contributed by atoms with van der Waals surface area (Å²) in [5.74, 6) is 1.77. The van der Waals surface area contributed by atoms with Crippen molar-refractivity contribution >= 4 is 0 Å². The van der Waals surface area contributed by atoms with Gasteiger partial charge in [0.05, 0.1) is 13.2 Å². The molecule has 1 saturated carbocycles. The van der Waals surface area contributed by atoms with Crippen molar-refractivity contribution < 1.29 is 4.74 Å². The zero-order valence-corrected chi connectivity index (χ0v) is 14.7. The average Bonchev–Trinajstić information content (AvgIpc) is 2.59.